The molecule has 0 bridgehead atoms. The Morgan fingerprint density at radius 2 is 1.86 bits per heavy atom. The lowest BCUT2D eigenvalue weighted by molar-refractivity contribution is -0.169. The van der Waals surface area contributed by atoms with E-state index >= 15 is 0 Å². The van der Waals surface area contributed by atoms with Crippen molar-refractivity contribution in [3.05, 3.63) is 107 Å². The monoisotopic (exact) mass is 912 g/mol. The van der Waals surface area contributed by atoms with Crippen molar-refractivity contribution >= 4 is 58.9 Å². The van der Waals surface area contributed by atoms with Gasteiger partial charge in [0.2, 0.25) is 11.2 Å². The summed E-state index contributed by atoms with van der Waals surface area (Å²) >= 11 is 2.78. The Bertz CT molecular complexity index is 2630. The average molecular weight is 913 g/mol. The second-order valence-electron chi connectivity index (χ2n) is 18.7. The number of phenolic OH excluding ortho intramolecular Hbond substituents is 1. The summed E-state index contributed by atoms with van der Waals surface area (Å²) in [5.74, 6) is -0.566. The lowest BCUT2D eigenvalue weighted by Gasteiger charge is -2.39. The van der Waals surface area contributed by atoms with Crippen LogP contribution in [-0.2, 0) is 50.6 Å². The summed E-state index contributed by atoms with van der Waals surface area (Å²) in [6.45, 7) is 16.8. The summed E-state index contributed by atoms with van der Waals surface area (Å²) in [7, 11) is -0.0747. The van der Waals surface area contributed by atoms with Gasteiger partial charge in [0, 0.05) is 47.6 Å². The number of nitrogens with one attached hydrogen (secondary N) is 2. The molecule has 1 aliphatic carbocycles. The van der Waals surface area contributed by atoms with Crippen molar-refractivity contribution in [1.82, 2.24) is 30.2 Å². The Morgan fingerprint density at radius 3 is 2.57 bits per heavy atom. The van der Waals surface area contributed by atoms with E-state index in [1.807, 2.05) is 41.3 Å². The van der Waals surface area contributed by atoms with Crippen molar-refractivity contribution in [3.63, 3.8) is 0 Å². The van der Waals surface area contributed by atoms with Crippen LogP contribution < -0.4 is 10.9 Å². The number of fused-ring (bicyclic) bond motifs is 4. The number of rotatable bonds is 16. The highest BCUT2D eigenvalue weighted by Gasteiger charge is 2.45. The molecule has 1 aliphatic heterocycles. The summed E-state index contributed by atoms with van der Waals surface area (Å²) in [5.41, 5.74) is 4.55. The highest BCUT2D eigenvalue weighted by molar-refractivity contribution is 7.13. The number of carbonyl (C=O) groups excluding carboxylic acids is 1. The molecule has 63 heavy (non-hydrogen) atoms. The van der Waals surface area contributed by atoms with Crippen LogP contribution >= 0.6 is 22.7 Å². The number of esters is 1. The molecule has 4 aromatic heterocycles. The molecule has 0 amide bonds. The van der Waals surface area contributed by atoms with Crippen LogP contribution in [0.15, 0.2) is 64.8 Å². The average Bonchev–Trinajstić information content (AvgIpc) is 4.09. The number of pyridine rings is 1. The first-order valence-corrected chi connectivity index (χ1v) is 26.6. The third-order valence-electron chi connectivity index (χ3n) is 13.4. The number of aromatic hydroxyl groups is 1. The van der Waals surface area contributed by atoms with Gasteiger partial charge < -0.3 is 39.3 Å². The molecular formula is C47H60N6O7S2Si. The van der Waals surface area contributed by atoms with Gasteiger partial charge in [-0.2, -0.15) is 0 Å². The topological polar surface area (TPSA) is 164 Å². The highest BCUT2D eigenvalue weighted by atomic mass is 32.1. The van der Waals surface area contributed by atoms with Crippen molar-refractivity contribution < 1.29 is 28.9 Å². The molecule has 13 nitrogen and oxygen atoms in total. The van der Waals surface area contributed by atoms with Crippen LogP contribution in [0.4, 0.5) is 0 Å². The minimum absolute atomic E-state index is 0.0275. The number of hydrogen-bond acceptors (Lipinski definition) is 13. The molecule has 1 saturated carbocycles. The molecule has 16 heteroatoms. The maximum atomic E-state index is 13.6. The summed E-state index contributed by atoms with van der Waals surface area (Å²) in [6, 6.07) is 16.7. The molecule has 8 rings (SSSR count). The largest absolute Gasteiger partial charge is 0.506 e. The number of aryl methyl sites for hydroxylation is 2. The summed E-state index contributed by atoms with van der Waals surface area (Å²) in [5, 5.41) is 37.9. The second kappa shape index (κ2) is 18.3. The number of nitrogens with zero attached hydrogens (tertiary/aromatic N) is 4. The molecule has 2 aromatic carbocycles. The number of phenols is 1. The maximum Gasteiger partial charge on any atom is 0.349 e. The van der Waals surface area contributed by atoms with Gasteiger partial charge in [0.25, 0.3) is 0 Å². The van der Waals surface area contributed by atoms with Crippen molar-refractivity contribution in [3.8, 4) is 5.75 Å². The first-order chi connectivity index (χ1) is 30.0. The Balaban J connectivity index is 0.885. The van der Waals surface area contributed by atoms with Gasteiger partial charge in [-0.3, -0.25) is 4.79 Å². The van der Waals surface area contributed by atoms with E-state index in [-0.39, 0.29) is 28.6 Å². The number of aromatic amines is 1. The van der Waals surface area contributed by atoms with E-state index in [1.54, 1.807) is 18.2 Å². The van der Waals surface area contributed by atoms with E-state index in [0.717, 1.165) is 83.2 Å². The van der Waals surface area contributed by atoms with Crippen molar-refractivity contribution in [1.29, 1.82) is 0 Å². The number of aromatic nitrogens is 4. The SMILES string of the molecule is Cc1ccc([C@@](O)(C(=O)OC2CCC(N(C)CCCn3nnc4cc(CNC[C@H](O[Si](C)(C)C(C)(C)C)c5ccc(O)c6[nH]c(=O)ccc56)c5c(c43)COC5)CC2)c2cccs2)s1. The summed E-state index contributed by atoms with van der Waals surface area (Å²) < 4.78 is 21.2. The van der Waals surface area contributed by atoms with Gasteiger partial charge in [-0.1, -0.05) is 38.1 Å². The quantitative estimate of drug-likeness (QED) is 0.0545. The Hall–Kier alpha value is -4.26. The first-order valence-electron chi connectivity index (χ1n) is 22.0. The predicted octanol–water partition coefficient (Wildman–Crippen LogP) is 8.41. The number of ether oxygens (including phenoxy) is 2. The van der Waals surface area contributed by atoms with Gasteiger partial charge in [-0.25, -0.2) is 9.48 Å². The normalized spacial score (nSPS) is 18.6. The molecule has 0 unspecified atom stereocenters. The third-order valence-corrected chi connectivity index (χ3v) is 20.0. The number of carbonyl (C=O) groups is 1. The van der Waals surface area contributed by atoms with Crippen LogP contribution in [0.2, 0.25) is 18.1 Å². The van der Waals surface area contributed by atoms with E-state index in [0.29, 0.717) is 47.6 Å². The summed E-state index contributed by atoms with van der Waals surface area (Å²) in [6.07, 6.45) is 3.66. The lowest BCUT2D eigenvalue weighted by Crippen LogP contribution is -2.43. The van der Waals surface area contributed by atoms with Gasteiger partial charge in [-0.05, 0) is 129 Å². The van der Waals surface area contributed by atoms with E-state index in [1.165, 1.54) is 34.3 Å². The number of hydrogen-bond donors (Lipinski definition) is 4. The molecule has 0 radical (unpaired) electrons. The Labute approximate surface area is 377 Å². The van der Waals surface area contributed by atoms with Gasteiger partial charge in [-0.15, -0.1) is 27.8 Å². The highest BCUT2D eigenvalue weighted by Crippen LogP contribution is 2.42. The van der Waals surface area contributed by atoms with Crippen LogP contribution in [0.3, 0.4) is 0 Å². The lowest BCUT2D eigenvalue weighted by atomic mass is 9.91. The van der Waals surface area contributed by atoms with Crippen molar-refractivity contribution in [2.45, 2.75) is 128 Å². The van der Waals surface area contributed by atoms with Crippen LogP contribution in [0.25, 0.3) is 21.9 Å². The molecule has 6 aromatic rings. The van der Waals surface area contributed by atoms with E-state index in [9.17, 15) is 19.8 Å². The maximum absolute atomic E-state index is 13.6. The molecule has 0 spiro atoms. The zero-order valence-electron chi connectivity index (χ0n) is 37.3. The summed E-state index contributed by atoms with van der Waals surface area (Å²) in [4.78, 5) is 33.2. The van der Waals surface area contributed by atoms with Gasteiger partial charge in [0.1, 0.15) is 17.4 Å². The van der Waals surface area contributed by atoms with Crippen LogP contribution in [-0.4, -0.2) is 81.7 Å². The molecule has 1 fully saturated rings. The molecule has 2 atom stereocenters. The minimum atomic E-state index is -2.24. The smallest absolute Gasteiger partial charge is 0.349 e. The Morgan fingerprint density at radius 1 is 1.08 bits per heavy atom. The van der Waals surface area contributed by atoms with E-state index < -0.39 is 19.9 Å². The molecule has 336 valence electrons. The van der Waals surface area contributed by atoms with E-state index in [4.69, 9.17) is 13.9 Å². The molecule has 0 saturated heterocycles. The van der Waals surface area contributed by atoms with Gasteiger partial charge in [0.15, 0.2) is 8.32 Å². The molecule has 4 N–H and O–H groups in total. The Kier molecular flexibility index (Phi) is 13.2. The second-order valence-corrected chi connectivity index (χ2v) is 25.7. The number of H-pyrrole nitrogens is 1. The minimum Gasteiger partial charge on any atom is -0.506 e. The third kappa shape index (κ3) is 9.32. The molecule has 5 heterocycles. The molecular weight excluding hydrogens is 853 g/mol. The fourth-order valence-corrected chi connectivity index (χ4v) is 11.9. The fourth-order valence-electron chi connectivity index (χ4n) is 8.78. The van der Waals surface area contributed by atoms with Crippen LogP contribution in [0, 0.1) is 6.92 Å². The zero-order valence-corrected chi connectivity index (χ0v) is 40.0. The van der Waals surface area contributed by atoms with E-state index in [2.05, 4.69) is 72.5 Å². The predicted molar refractivity (Wildman–Crippen MR) is 251 cm³/mol. The van der Waals surface area contributed by atoms with Gasteiger partial charge >= 0.3 is 5.97 Å². The zero-order chi connectivity index (χ0) is 44.7. The number of benzene rings is 2. The van der Waals surface area contributed by atoms with Gasteiger partial charge in [0.05, 0.1) is 40.1 Å². The fraction of sp³-hybridized carbons (Fsp3) is 0.489. The van der Waals surface area contributed by atoms with Crippen molar-refractivity contribution in [2.24, 2.45) is 0 Å². The standard InChI is InChI=1S/C47H60N6O7S2Si/c1-29-11-19-41(62-29)47(57,40-10-8-23-61-40)45(56)59-32-14-12-31(13-15-32)52(5)21-9-22-53-44-36-28-58-27-35(36)30(24-37(44)50-51-53)25-48-26-39(60-63(6,7)46(2,3)4)33-16-18-38(54)43-34(33)17-20-42(55)49-43/h8,10-11,16-20,23-24,31-32,39,48,54,57H,9,12-15,21-22,25-28H2,1-7H3,(H,49,55)/t31?,32?,39-,47+/m0/s1. The van der Waals surface area contributed by atoms with Crippen molar-refractivity contribution in [2.75, 3.05) is 20.1 Å². The molecule has 2 aliphatic rings. The number of aliphatic hydroxyl groups is 1. The first kappa shape index (κ1) is 45.3. The van der Waals surface area contributed by atoms with Crippen LogP contribution in [0.5, 0.6) is 5.75 Å². The number of thiophene rings is 2. The van der Waals surface area contributed by atoms with Crippen LogP contribution in [0.1, 0.15) is 95.9 Å².